The van der Waals surface area contributed by atoms with Gasteiger partial charge in [-0.1, -0.05) is 88.3 Å². The minimum absolute atomic E-state index is 0.286. The Labute approximate surface area is 226 Å². The molecule has 3 aromatic carbocycles. The summed E-state index contributed by atoms with van der Waals surface area (Å²) in [6.07, 6.45) is 11.7. The zero-order valence-corrected chi connectivity index (χ0v) is 22.6. The normalized spacial score (nSPS) is 10.8. The zero-order chi connectivity index (χ0) is 27.0. The molecule has 5 nitrogen and oxygen atoms in total. The molecule has 0 saturated carbocycles. The SMILES string of the molecule is C=C(C)C(=O)OCCCCCCCCCCCCOc1ccc2cc(C(=O)Oc3ccccc3)ccc2c1. The Morgan fingerprint density at radius 2 is 1.24 bits per heavy atom. The van der Waals surface area contributed by atoms with Crippen molar-refractivity contribution in [2.45, 2.75) is 71.1 Å². The zero-order valence-electron chi connectivity index (χ0n) is 22.6. The van der Waals surface area contributed by atoms with Crippen molar-refractivity contribution in [1.29, 1.82) is 0 Å². The third-order valence-electron chi connectivity index (χ3n) is 6.39. The first-order chi connectivity index (χ1) is 18.5. The van der Waals surface area contributed by atoms with Crippen molar-refractivity contribution in [3.8, 4) is 11.5 Å². The molecule has 0 aliphatic carbocycles. The first-order valence-electron chi connectivity index (χ1n) is 13.8. The Hall–Kier alpha value is -3.60. The highest BCUT2D eigenvalue weighted by molar-refractivity contribution is 5.96. The number of rotatable bonds is 17. The summed E-state index contributed by atoms with van der Waals surface area (Å²) in [6.45, 7) is 6.46. The van der Waals surface area contributed by atoms with Crippen molar-refractivity contribution >= 4 is 22.7 Å². The van der Waals surface area contributed by atoms with E-state index < -0.39 is 0 Å². The van der Waals surface area contributed by atoms with E-state index in [1.165, 1.54) is 44.9 Å². The summed E-state index contributed by atoms with van der Waals surface area (Å²) in [5.41, 5.74) is 0.988. The largest absolute Gasteiger partial charge is 0.494 e. The van der Waals surface area contributed by atoms with Crippen molar-refractivity contribution in [1.82, 2.24) is 0 Å². The number of benzene rings is 3. The molecule has 5 heteroatoms. The van der Waals surface area contributed by atoms with Gasteiger partial charge in [0, 0.05) is 5.57 Å². The van der Waals surface area contributed by atoms with Crippen LogP contribution in [0.5, 0.6) is 11.5 Å². The quantitative estimate of drug-likeness (QED) is 0.0779. The van der Waals surface area contributed by atoms with Crippen LogP contribution in [0.2, 0.25) is 0 Å². The molecule has 0 spiro atoms. The number of carbonyl (C=O) groups excluding carboxylic acids is 2. The maximum Gasteiger partial charge on any atom is 0.343 e. The molecule has 0 radical (unpaired) electrons. The number of carbonyl (C=O) groups is 2. The van der Waals surface area contributed by atoms with Crippen molar-refractivity contribution in [3.63, 3.8) is 0 Å². The van der Waals surface area contributed by atoms with Gasteiger partial charge < -0.3 is 14.2 Å². The van der Waals surface area contributed by atoms with Crippen LogP contribution in [0.3, 0.4) is 0 Å². The van der Waals surface area contributed by atoms with Crippen molar-refractivity contribution in [3.05, 3.63) is 84.4 Å². The van der Waals surface area contributed by atoms with E-state index in [2.05, 4.69) is 6.58 Å². The van der Waals surface area contributed by atoms with Crippen LogP contribution in [0.4, 0.5) is 0 Å². The average Bonchev–Trinajstić information content (AvgIpc) is 2.93. The fraction of sp³-hybridized carbons (Fsp3) is 0.394. The van der Waals surface area contributed by atoms with Crippen LogP contribution in [0.15, 0.2) is 78.9 Å². The van der Waals surface area contributed by atoms with Gasteiger partial charge >= 0.3 is 11.9 Å². The van der Waals surface area contributed by atoms with Gasteiger partial charge in [0.05, 0.1) is 18.8 Å². The molecule has 0 atom stereocenters. The van der Waals surface area contributed by atoms with Gasteiger partial charge in [0.15, 0.2) is 0 Å². The molecule has 3 rings (SSSR count). The monoisotopic (exact) mass is 516 g/mol. The van der Waals surface area contributed by atoms with Gasteiger partial charge in [0.25, 0.3) is 0 Å². The smallest absolute Gasteiger partial charge is 0.343 e. The fourth-order valence-corrected chi connectivity index (χ4v) is 4.19. The Kier molecular flexibility index (Phi) is 12.4. The fourth-order valence-electron chi connectivity index (χ4n) is 4.19. The van der Waals surface area contributed by atoms with Gasteiger partial charge in [0.2, 0.25) is 0 Å². The van der Waals surface area contributed by atoms with Crippen LogP contribution in [0.1, 0.15) is 81.5 Å². The third-order valence-corrected chi connectivity index (χ3v) is 6.39. The highest BCUT2D eigenvalue weighted by atomic mass is 16.5. The summed E-state index contributed by atoms with van der Waals surface area (Å²) >= 11 is 0. The standard InChI is InChI=1S/C33H40O5/c1-26(2)32(34)37-23-15-10-8-6-4-3-5-7-9-14-22-36-31-21-20-27-24-29(19-18-28(27)25-31)33(35)38-30-16-12-11-13-17-30/h11-13,16-21,24-25H,1,3-10,14-15,22-23H2,2H3. The van der Waals surface area contributed by atoms with Crippen LogP contribution >= 0.6 is 0 Å². The van der Waals surface area contributed by atoms with Gasteiger partial charge in [-0.2, -0.15) is 0 Å². The van der Waals surface area contributed by atoms with Gasteiger partial charge in [-0.25, -0.2) is 9.59 Å². The second kappa shape index (κ2) is 16.3. The summed E-state index contributed by atoms with van der Waals surface area (Å²) in [4.78, 5) is 23.7. The van der Waals surface area contributed by atoms with E-state index in [1.807, 2.05) is 48.5 Å². The lowest BCUT2D eigenvalue weighted by Crippen LogP contribution is -2.08. The number of esters is 2. The summed E-state index contributed by atoms with van der Waals surface area (Å²) in [5.74, 6) is 0.740. The summed E-state index contributed by atoms with van der Waals surface area (Å²) in [6, 6.07) is 20.6. The molecule has 0 fully saturated rings. The van der Waals surface area contributed by atoms with E-state index in [1.54, 1.807) is 25.1 Å². The van der Waals surface area contributed by atoms with E-state index in [0.29, 0.717) is 30.1 Å². The Morgan fingerprint density at radius 3 is 1.89 bits per heavy atom. The van der Waals surface area contributed by atoms with Crippen molar-refractivity contribution < 1.29 is 23.8 Å². The van der Waals surface area contributed by atoms with E-state index in [9.17, 15) is 9.59 Å². The minimum Gasteiger partial charge on any atom is -0.494 e. The Morgan fingerprint density at radius 1 is 0.658 bits per heavy atom. The van der Waals surface area contributed by atoms with Crippen molar-refractivity contribution in [2.75, 3.05) is 13.2 Å². The summed E-state index contributed by atoms with van der Waals surface area (Å²) in [5, 5.41) is 2.01. The van der Waals surface area contributed by atoms with Crippen LogP contribution < -0.4 is 9.47 Å². The Balaban J connectivity index is 1.23. The molecule has 38 heavy (non-hydrogen) atoms. The number of ether oxygens (including phenoxy) is 3. The molecule has 0 bridgehead atoms. The second-order valence-corrected chi connectivity index (χ2v) is 9.73. The minimum atomic E-state index is -0.364. The topological polar surface area (TPSA) is 61.8 Å². The van der Waals surface area contributed by atoms with Crippen LogP contribution in [-0.4, -0.2) is 25.2 Å². The number of hydrogen-bond donors (Lipinski definition) is 0. The molecule has 0 saturated heterocycles. The molecule has 0 aromatic heterocycles. The van der Waals surface area contributed by atoms with E-state index in [4.69, 9.17) is 14.2 Å². The van der Waals surface area contributed by atoms with E-state index >= 15 is 0 Å². The molecular weight excluding hydrogens is 476 g/mol. The predicted molar refractivity (Wildman–Crippen MR) is 153 cm³/mol. The molecule has 0 N–H and O–H groups in total. The summed E-state index contributed by atoms with van der Waals surface area (Å²) in [7, 11) is 0. The number of hydrogen-bond acceptors (Lipinski definition) is 5. The van der Waals surface area contributed by atoms with E-state index in [-0.39, 0.29) is 11.9 Å². The number of fused-ring (bicyclic) bond motifs is 1. The maximum absolute atomic E-state index is 12.4. The number of para-hydroxylation sites is 1. The predicted octanol–water partition coefficient (Wildman–Crippen LogP) is 8.46. The highest BCUT2D eigenvalue weighted by Gasteiger charge is 2.10. The number of unbranched alkanes of at least 4 members (excludes halogenated alkanes) is 9. The van der Waals surface area contributed by atoms with E-state index in [0.717, 1.165) is 35.8 Å². The van der Waals surface area contributed by atoms with Gasteiger partial charge in [0.1, 0.15) is 11.5 Å². The van der Waals surface area contributed by atoms with Crippen molar-refractivity contribution in [2.24, 2.45) is 0 Å². The molecular formula is C33H40O5. The second-order valence-electron chi connectivity index (χ2n) is 9.73. The first kappa shape index (κ1) is 29.0. The molecule has 0 aliphatic rings. The maximum atomic E-state index is 12.4. The lowest BCUT2D eigenvalue weighted by atomic mass is 10.1. The summed E-state index contributed by atoms with van der Waals surface area (Å²) < 4.78 is 16.5. The van der Waals surface area contributed by atoms with Crippen LogP contribution in [0, 0.1) is 0 Å². The molecule has 0 amide bonds. The van der Waals surface area contributed by atoms with Gasteiger partial charge in [-0.15, -0.1) is 0 Å². The van der Waals surface area contributed by atoms with Gasteiger partial charge in [-0.05, 0) is 66.9 Å². The molecule has 0 aliphatic heterocycles. The lowest BCUT2D eigenvalue weighted by molar-refractivity contribution is -0.139. The first-order valence-corrected chi connectivity index (χ1v) is 13.8. The average molecular weight is 517 g/mol. The third kappa shape index (κ3) is 10.4. The van der Waals surface area contributed by atoms with Crippen LogP contribution in [-0.2, 0) is 9.53 Å². The Bertz CT molecular complexity index is 1170. The molecule has 0 heterocycles. The van der Waals surface area contributed by atoms with Gasteiger partial charge in [-0.3, -0.25) is 0 Å². The molecule has 3 aromatic rings. The van der Waals surface area contributed by atoms with Crippen LogP contribution in [0.25, 0.3) is 10.8 Å². The molecule has 0 unspecified atom stereocenters. The lowest BCUT2D eigenvalue weighted by Gasteiger charge is -2.09. The molecule has 202 valence electrons. The highest BCUT2D eigenvalue weighted by Crippen LogP contribution is 2.23.